The predicted octanol–water partition coefficient (Wildman–Crippen LogP) is 2.90. The summed E-state index contributed by atoms with van der Waals surface area (Å²) in [6, 6.07) is 6.93. The van der Waals surface area contributed by atoms with Crippen molar-refractivity contribution < 1.29 is 18.5 Å². The molecule has 0 aliphatic rings. The van der Waals surface area contributed by atoms with Crippen LogP contribution in [0.4, 0.5) is 0 Å². The van der Waals surface area contributed by atoms with Crippen LogP contribution in [0.1, 0.15) is 27.2 Å². The first kappa shape index (κ1) is 13.5. The molecule has 0 aliphatic heterocycles. The Labute approximate surface area is 113 Å². The van der Waals surface area contributed by atoms with Crippen LogP contribution in [0, 0.1) is 13.8 Å². The number of hydrogen-bond acceptors (Lipinski definition) is 3. The van der Waals surface area contributed by atoms with Crippen molar-refractivity contribution in [3.63, 3.8) is 0 Å². The molecule has 1 N–H and O–H groups in total. The molecule has 4 nitrogen and oxygen atoms in total. The van der Waals surface area contributed by atoms with Gasteiger partial charge in [-0.05, 0) is 43.2 Å². The highest BCUT2D eigenvalue weighted by Gasteiger charge is 2.16. The van der Waals surface area contributed by atoms with Crippen molar-refractivity contribution in [2.75, 3.05) is 0 Å². The zero-order valence-electron chi connectivity index (χ0n) is 10.7. The molecule has 1 aromatic carbocycles. The number of rotatable bonds is 4. The van der Waals surface area contributed by atoms with E-state index in [0.29, 0.717) is 4.90 Å². The Bertz CT molecular complexity index is 643. The van der Waals surface area contributed by atoms with Gasteiger partial charge in [0.2, 0.25) is 0 Å². The van der Waals surface area contributed by atoms with E-state index in [4.69, 9.17) is 9.52 Å². The van der Waals surface area contributed by atoms with Gasteiger partial charge in [-0.25, -0.2) is 4.79 Å². The van der Waals surface area contributed by atoms with E-state index >= 15 is 0 Å². The Hall–Kier alpha value is -1.88. The van der Waals surface area contributed by atoms with Crippen molar-refractivity contribution in [1.29, 1.82) is 0 Å². The molecule has 2 rings (SSSR count). The number of carboxylic acid groups (broad SMARTS) is 1. The van der Waals surface area contributed by atoms with Crippen LogP contribution in [-0.2, 0) is 16.6 Å². The van der Waals surface area contributed by atoms with Crippen LogP contribution in [-0.4, -0.2) is 15.3 Å². The van der Waals surface area contributed by atoms with E-state index in [-0.39, 0.29) is 17.1 Å². The van der Waals surface area contributed by atoms with Gasteiger partial charge < -0.3 is 9.52 Å². The zero-order valence-corrected chi connectivity index (χ0v) is 11.5. The molecule has 0 aliphatic carbocycles. The fraction of sp³-hybridized carbons (Fsp3) is 0.214. The van der Waals surface area contributed by atoms with Gasteiger partial charge >= 0.3 is 5.97 Å². The van der Waals surface area contributed by atoms with Crippen LogP contribution in [0.2, 0.25) is 0 Å². The number of benzene rings is 1. The van der Waals surface area contributed by atoms with E-state index < -0.39 is 16.8 Å². The highest BCUT2D eigenvalue weighted by atomic mass is 32.2. The minimum atomic E-state index is -1.32. The SMILES string of the molecule is Cc1ccc(S(=O)Cc2occc2C(=O)O)cc1C. The fourth-order valence-electron chi connectivity index (χ4n) is 1.70. The summed E-state index contributed by atoms with van der Waals surface area (Å²) < 4.78 is 17.3. The molecule has 1 heterocycles. The minimum Gasteiger partial charge on any atom is -0.478 e. The molecule has 1 aromatic heterocycles. The summed E-state index contributed by atoms with van der Waals surface area (Å²) in [5, 5.41) is 8.96. The Kier molecular flexibility index (Phi) is 3.85. The lowest BCUT2D eigenvalue weighted by Gasteiger charge is -2.05. The molecule has 1 unspecified atom stereocenters. The van der Waals surface area contributed by atoms with Gasteiger partial charge in [0, 0.05) is 4.90 Å². The van der Waals surface area contributed by atoms with E-state index in [1.54, 1.807) is 6.07 Å². The summed E-state index contributed by atoms with van der Waals surface area (Å²) in [4.78, 5) is 11.6. The molecular formula is C14H14O4S. The number of aryl methyl sites for hydroxylation is 2. The molecule has 0 saturated carbocycles. The molecule has 100 valence electrons. The molecule has 2 aromatic rings. The van der Waals surface area contributed by atoms with Crippen LogP contribution in [0.3, 0.4) is 0 Å². The summed E-state index contributed by atoms with van der Waals surface area (Å²) in [5.74, 6) is -0.762. The van der Waals surface area contributed by atoms with Crippen molar-refractivity contribution >= 4 is 16.8 Å². The predicted molar refractivity (Wildman–Crippen MR) is 71.7 cm³/mol. The molecule has 5 heteroatoms. The molecule has 0 bridgehead atoms. The molecule has 0 amide bonds. The van der Waals surface area contributed by atoms with Gasteiger partial charge in [0.05, 0.1) is 22.8 Å². The van der Waals surface area contributed by atoms with Gasteiger partial charge in [-0.3, -0.25) is 4.21 Å². The Morgan fingerprint density at radius 2 is 2.00 bits per heavy atom. The number of hydrogen-bond donors (Lipinski definition) is 1. The first-order valence-electron chi connectivity index (χ1n) is 5.74. The first-order chi connectivity index (χ1) is 8.99. The van der Waals surface area contributed by atoms with Crippen LogP contribution in [0.15, 0.2) is 39.8 Å². The van der Waals surface area contributed by atoms with Gasteiger partial charge in [-0.2, -0.15) is 0 Å². The van der Waals surface area contributed by atoms with Gasteiger partial charge in [0.15, 0.2) is 0 Å². The first-order valence-corrected chi connectivity index (χ1v) is 7.06. The van der Waals surface area contributed by atoms with Crippen LogP contribution < -0.4 is 0 Å². The average Bonchev–Trinajstić information content (AvgIpc) is 2.80. The summed E-state index contributed by atoms with van der Waals surface area (Å²) in [6.07, 6.45) is 1.30. The number of carbonyl (C=O) groups is 1. The van der Waals surface area contributed by atoms with Crippen LogP contribution in [0.25, 0.3) is 0 Å². The maximum Gasteiger partial charge on any atom is 0.339 e. The molecular weight excluding hydrogens is 264 g/mol. The molecule has 0 radical (unpaired) electrons. The summed E-state index contributed by atoms with van der Waals surface area (Å²) in [5.41, 5.74) is 2.26. The van der Waals surface area contributed by atoms with Crippen molar-refractivity contribution in [2.45, 2.75) is 24.5 Å². The second-order valence-electron chi connectivity index (χ2n) is 4.30. The topological polar surface area (TPSA) is 67.5 Å². The maximum absolute atomic E-state index is 12.2. The van der Waals surface area contributed by atoms with E-state index in [1.165, 1.54) is 12.3 Å². The summed E-state index contributed by atoms with van der Waals surface area (Å²) in [6.45, 7) is 3.93. The van der Waals surface area contributed by atoms with E-state index in [0.717, 1.165) is 11.1 Å². The lowest BCUT2D eigenvalue weighted by Crippen LogP contribution is -2.03. The Morgan fingerprint density at radius 3 is 2.63 bits per heavy atom. The molecule has 0 saturated heterocycles. The second kappa shape index (κ2) is 5.40. The van der Waals surface area contributed by atoms with Crippen molar-refractivity contribution in [3.8, 4) is 0 Å². The van der Waals surface area contributed by atoms with Gasteiger partial charge in [0.1, 0.15) is 11.3 Å². The monoisotopic (exact) mass is 278 g/mol. The molecule has 19 heavy (non-hydrogen) atoms. The third-order valence-electron chi connectivity index (χ3n) is 2.98. The number of furan rings is 1. The standard InChI is InChI=1S/C14H14O4S/c1-9-3-4-11(7-10(9)2)19(17)8-13-12(14(15)16)5-6-18-13/h3-7H,8H2,1-2H3,(H,15,16). The summed E-state index contributed by atoms with van der Waals surface area (Å²) in [7, 11) is -1.32. The average molecular weight is 278 g/mol. The lowest BCUT2D eigenvalue weighted by molar-refractivity contribution is 0.0695. The van der Waals surface area contributed by atoms with Crippen LogP contribution in [0.5, 0.6) is 0 Å². The molecule has 0 spiro atoms. The highest BCUT2D eigenvalue weighted by molar-refractivity contribution is 7.84. The quantitative estimate of drug-likeness (QED) is 0.933. The van der Waals surface area contributed by atoms with E-state index in [1.807, 2.05) is 26.0 Å². The number of carboxylic acids is 1. The summed E-state index contributed by atoms with van der Waals surface area (Å²) >= 11 is 0. The van der Waals surface area contributed by atoms with Gasteiger partial charge in [-0.15, -0.1) is 0 Å². The molecule has 1 atom stereocenters. The third-order valence-corrected chi connectivity index (χ3v) is 4.28. The zero-order chi connectivity index (χ0) is 14.0. The number of aromatic carboxylic acids is 1. The van der Waals surface area contributed by atoms with Gasteiger partial charge in [0.25, 0.3) is 0 Å². The van der Waals surface area contributed by atoms with Crippen molar-refractivity contribution in [1.82, 2.24) is 0 Å². The normalized spacial score (nSPS) is 12.3. The Balaban J connectivity index is 2.23. The largest absolute Gasteiger partial charge is 0.478 e. The van der Waals surface area contributed by atoms with E-state index in [9.17, 15) is 9.00 Å². The highest BCUT2D eigenvalue weighted by Crippen LogP contribution is 2.19. The van der Waals surface area contributed by atoms with E-state index in [2.05, 4.69) is 0 Å². The molecule has 0 fully saturated rings. The second-order valence-corrected chi connectivity index (χ2v) is 5.75. The smallest absolute Gasteiger partial charge is 0.339 e. The van der Waals surface area contributed by atoms with Gasteiger partial charge in [-0.1, -0.05) is 6.07 Å². The fourth-order valence-corrected chi connectivity index (χ4v) is 2.86. The third kappa shape index (κ3) is 2.93. The maximum atomic E-state index is 12.2. The Morgan fingerprint density at radius 1 is 1.26 bits per heavy atom. The van der Waals surface area contributed by atoms with Crippen molar-refractivity contribution in [3.05, 3.63) is 53.0 Å². The lowest BCUT2D eigenvalue weighted by atomic mass is 10.1. The van der Waals surface area contributed by atoms with Crippen LogP contribution >= 0.6 is 0 Å². The minimum absolute atomic E-state index is 0.0666. The van der Waals surface area contributed by atoms with Crippen molar-refractivity contribution in [2.24, 2.45) is 0 Å².